The van der Waals surface area contributed by atoms with E-state index in [1.165, 1.54) is 0 Å². The molecule has 23 heavy (non-hydrogen) atoms. The lowest BCUT2D eigenvalue weighted by Gasteiger charge is -2.01. The SMILES string of the molecule is CCOC(=O)Nc1on[n+](-c2ccccc2)c1-c1ccccc1. The van der Waals surface area contributed by atoms with E-state index in [1.54, 1.807) is 11.6 Å². The number of anilines is 1. The fourth-order valence-electron chi connectivity index (χ4n) is 2.20. The molecule has 1 amide bonds. The molecule has 0 aliphatic rings. The van der Waals surface area contributed by atoms with Crippen LogP contribution in [-0.4, -0.2) is 18.0 Å². The zero-order valence-electron chi connectivity index (χ0n) is 12.6. The predicted octanol–water partition coefficient (Wildman–Crippen LogP) is 3.19. The van der Waals surface area contributed by atoms with Gasteiger partial charge in [-0.05, 0) is 23.7 Å². The summed E-state index contributed by atoms with van der Waals surface area (Å²) in [7, 11) is 0. The molecule has 0 fully saturated rings. The molecule has 0 saturated heterocycles. The van der Waals surface area contributed by atoms with E-state index >= 15 is 0 Å². The number of hydrogen-bond donors (Lipinski definition) is 1. The fraction of sp³-hybridized carbons (Fsp3) is 0.118. The minimum Gasteiger partial charge on any atom is -0.450 e. The van der Waals surface area contributed by atoms with E-state index < -0.39 is 6.09 Å². The second kappa shape index (κ2) is 6.74. The third kappa shape index (κ3) is 3.21. The maximum Gasteiger partial charge on any atom is 0.414 e. The normalized spacial score (nSPS) is 10.3. The molecule has 1 N–H and O–H groups in total. The molecule has 0 bridgehead atoms. The van der Waals surface area contributed by atoms with Crippen LogP contribution in [0.3, 0.4) is 0 Å². The molecule has 116 valence electrons. The molecule has 0 atom stereocenters. The maximum atomic E-state index is 11.7. The Morgan fingerprint density at radius 3 is 2.43 bits per heavy atom. The van der Waals surface area contributed by atoms with E-state index in [2.05, 4.69) is 10.6 Å². The van der Waals surface area contributed by atoms with E-state index in [9.17, 15) is 4.79 Å². The summed E-state index contributed by atoms with van der Waals surface area (Å²) in [5, 5.41) is 6.64. The van der Waals surface area contributed by atoms with Crippen molar-refractivity contribution in [2.75, 3.05) is 11.9 Å². The Balaban J connectivity index is 2.07. The Bertz CT molecular complexity index is 785. The highest BCUT2D eigenvalue weighted by atomic mass is 16.6. The molecular weight excluding hydrogens is 294 g/mol. The number of hydrogen-bond acceptors (Lipinski definition) is 4. The topological polar surface area (TPSA) is 68.2 Å². The lowest BCUT2D eigenvalue weighted by atomic mass is 10.1. The molecule has 3 aromatic rings. The zero-order valence-corrected chi connectivity index (χ0v) is 12.6. The molecule has 1 heterocycles. The van der Waals surface area contributed by atoms with Gasteiger partial charge in [0.1, 0.15) is 0 Å². The molecular formula is C17H16N3O3+. The van der Waals surface area contributed by atoms with Crippen LogP contribution in [-0.2, 0) is 4.74 Å². The van der Waals surface area contributed by atoms with Crippen molar-refractivity contribution in [3.8, 4) is 16.9 Å². The highest BCUT2D eigenvalue weighted by Crippen LogP contribution is 2.25. The third-order valence-corrected chi connectivity index (χ3v) is 3.18. The summed E-state index contributed by atoms with van der Waals surface area (Å²) in [4.78, 5) is 11.7. The average Bonchev–Trinajstić information content (AvgIpc) is 3.00. The smallest absolute Gasteiger partial charge is 0.414 e. The second-order valence-electron chi connectivity index (χ2n) is 4.71. The first-order chi connectivity index (χ1) is 11.3. The molecule has 0 saturated carbocycles. The number of nitrogens with zero attached hydrogens (tertiary/aromatic N) is 2. The number of para-hydroxylation sites is 1. The lowest BCUT2D eigenvalue weighted by molar-refractivity contribution is -0.660. The molecule has 2 aromatic carbocycles. The van der Waals surface area contributed by atoms with Gasteiger partial charge in [0.15, 0.2) is 0 Å². The number of carbonyl (C=O) groups is 1. The number of benzene rings is 2. The maximum absolute atomic E-state index is 11.7. The van der Waals surface area contributed by atoms with Crippen LogP contribution in [0.2, 0.25) is 0 Å². The van der Waals surface area contributed by atoms with Crippen molar-refractivity contribution in [1.29, 1.82) is 0 Å². The van der Waals surface area contributed by atoms with Crippen molar-refractivity contribution in [2.45, 2.75) is 6.92 Å². The van der Waals surface area contributed by atoms with Gasteiger partial charge in [-0.3, -0.25) is 9.84 Å². The molecule has 3 rings (SSSR count). The van der Waals surface area contributed by atoms with Gasteiger partial charge in [0.25, 0.3) is 0 Å². The van der Waals surface area contributed by atoms with Gasteiger partial charge in [-0.25, -0.2) is 4.79 Å². The Kier molecular flexibility index (Phi) is 4.33. The van der Waals surface area contributed by atoms with Gasteiger partial charge in [0, 0.05) is 12.1 Å². The van der Waals surface area contributed by atoms with Crippen molar-refractivity contribution in [2.24, 2.45) is 0 Å². The van der Waals surface area contributed by atoms with E-state index in [0.29, 0.717) is 5.69 Å². The highest BCUT2D eigenvalue weighted by molar-refractivity contribution is 5.86. The van der Waals surface area contributed by atoms with Gasteiger partial charge in [-0.1, -0.05) is 36.4 Å². The van der Waals surface area contributed by atoms with Crippen LogP contribution in [0.4, 0.5) is 10.7 Å². The van der Waals surface area contributed by atoms with Crippen molar-refractivity contribution in [3.63, 3.8) is 0 Å². The van der Waals surface area contributed by atoms with Crippen LogP contribution in [0, 0.1) is 0 Å². The fourth-order valence-corrected chi connectivity index (χ4v) is 2.20. The monoisotopic (exact) mass is 310 g/mol. The minimum absolute atomic E-state index is 0.235. The van der Waals surface area contributed by atoms with Crippen molar-refractivity contribution in [1.82, 2.24) is 5.27 Å². The Morgan fingerprint density at radius 2 is 1.78 bits per heavy atom. The zero-order chi connectivity index (χ0) is 16.1. The Labute approximate surface area is 133 Å². The molecule has 0 aliphatic carbocycles. The van der Waals surface area contributed by atoms with Gasteiger partial charge in [0.05, 0.1) is 12.2 Å². The first kappa shape index (κ1) is 14.8. The summed E-state index contributed by atoms with van der Waals surface area (Å²) in [6.45, 7) is 2.02. The second-order valence-corrected chi connectivity index (χ2v) is 4.71. The van der Waals surface area contributed by atoms with E-state index in [0.717, 1.165) is 11.3 Å². The van der Waals surface area contributed by atoms with Gasteiger partial charge < -0.3 is 4.74 Å². The molecule has 6 heteroatoms. The number of ether oxygens (including phenoxy) is 1. The lowest BCUT2D eigenvalue weighted by Crippen LogP contribution is -2.34. The molecule has 0 unspecified atom stereocenters. The Morgan fingerprint density at radius 1 is 1.13 bits per heavy atom. The van der Waals surface area contributed by atoms with Crippen LogP contribution >= 0.6 is 0 Å². The van der Waals surface area contributed by atoms with E-state index in [1.807, 2.05) is 60.7 Å². The summed E-state index contributed by atoms with van der Waals surface area (Å²) in [5.41, 5.74) is 2.33. The number of amides is 1. The van der Waals surface area contributed by atoms with Gasteiger partial charge in [0.2, 0.25) is 11.0 Å². The first-order valence-corrected chi connectivity index (χ1v) is 7.26. The van der Waals surface area contributed by atoms with Crippen LogP contribution in [0.1, 0.15) is 6.92 Å². The van der Waals surface area contributed by atoms with Gasteiger partial charge in [-0.2, -0.15) is 0 Å². The standard InChI is InChI=1S/C17H15N3O3/c1-2-22-17(21)18-16-15(13-9-5-3-6-10-13)20(19-23-16)14-11-7-4-8-12-14/h3-12H,2H2,1H3/p+1. The van der Waals surface area contributed by atoms with Crippen LogP contribution in [0.25, 0.3) is 16.9 Å². The van der Waals surface area contributed by atoms with Crippen LogP contribution in [0.5, 0.6) is 0 Å². The Hall–Kier alpha value is -3.15. The minimum atomic E-state index is -0.582. The third-order valence-electron chi connectivity index (χ3n) is 3.18. The van der Waals surface area contributed by atoms with Crippen molar-refractivity contribution < 1.29 is 18.7 Å². The van der Waals surface area contributed by atoms with Crippen LogP contribution < -0.4 is 10.00 Å². The quantitative estimate of drug-likeness (QED) is 0.751. The largest absolute Gasteiger partial charge is 0.450 e. The van der Waals surface area contributed by atoms with Gasteiger partial charge >= 0.3 is 17.7 Å². The van der Waals surface area contributed by atoms with Crippen molar-refractivity contribution >= 4 is 12.0 Å². The van der Waals surface area contributed by atoms with Crippen molar-refractivity contribution in [3.05, 3.63) is 60.7 Å². The highest BCUT2D eigenvalue weighted by Gasteiger charge is 2.29. The summed E-state index contributed by atoms with van der Waals surface area (Å²) in [6.07, 6.45) is -0.582. The van der Waals surface area contributed by atoms with E-state index in [-0.39, 0.29) is 12.5 Å². The molecule has 0 aliphatic heterocycles. The van der Waals surface area contributed by atoms with Gasteiger partial charge in [-0.15, -0.1) is 0 Å². The number of aromatic nitrogens is 2. The molecule has 0 spiro atoms. The summed E-state index contributed by atoms with van der Waals surface area (Å²) in [6, 6.07) is 19.1. The number of nitrogens with one attached hydrogen (secondary N) is 1. The summed E-state index contributed by atoms with van der Waals surface area (Å²) in [5.74, 6) is 0.235. The summed E-state index contributed by atoms with van der Waals surface area (Å²) < 4.78 is 11.9. The molecule has 0 radical (unpaired) electrons. The molecule has 6 nitrogen and oxygen atoms in total. The number of carbonyl (C=O) groups excluding carboxylic acids is 1. The van der Waals surface area contributed by atoms with Crippen LogP contribution in [0.15, 0.2) is 65.2 Å². The van der Waals surface area contributed by atoms with E-state index in [4.69, 9.17) is 9.26 Å². The number of rotatable bonds is 4. The molecule has 1 aromatic heterocycles. The average molecular weight is 310 g/mol. The first-order valence-electron chi connectivity index (χ1n) is 7.26. The summed E-state index contributed by atoms with van der Waals surface area (Å²) >= 11 is 0. The predicted molar refractivity (Wildman–Crippen MR) is 84.1 cm³/mol.